The average Bonchev–Trinajstić information content (AvgIpc) is 3.07. The highest BCUT2D eigenvalue weighted by atomic mass is 35.5. The summed E-state index contributed by atoms with van der Waals surface area (Å²) in [5.41, 5.74) is 0.170. The van der Waals surface area contributed by atoms with Gasteiger partial charge in [-0.3, -0.25) is 9.89 Å². The van der Waals surface area contributed by atoms with Gasteiger partial charge in [-0.2, -0.15) is 4.52 Å². The number of aromatic nitrogens is 4. The van der Waals surface area contributed by atoms with Crippen LogP contribution in [-0.2, 0) is 0 Å². The molecular weight excluding hydrogens is 364 g/mol. The lowest BCUT2D eigenvalue weighted by Gasteiger charge is -2.14. The van der Waals surface area contributed by atoms with Gasteiger partial charge < -0.3 is 20.1 Å². The van der Waals surface area contributed by atoms with Crippen LogP contribution in [0.4, 0.5) is 16.2 Å². The van der Waals surface area contributed by atoms with Crippen molar-refractivity contribution in [2.45, 2.75) is 6.92 Å². The Morgan fingerprint density at radius 3 is 2.65 bits per heavy atom. The first-order valence-electron chi connectivity index (χ1n) is 7.37. The fourth-order valence-electron chi connectivity index (χ4n) is 2.33. The van der Waals surface area contributed by atoms with Crippen molar-refractivity contribution >= 4 is 34.8 Å². The summed E-state index contributed by atoms with van der Waals surface area (Å²) in [6.45, 7) is 1.59. The lowest BCUT2D eigenvalue weighted by Crippen LogP contribution is -2.28. The topological polar surface area (TPSA) is 123 Å². The Bertz CT molecular complexity index is 1040. The van der Waals surface area contributed by atoms with Gasteiger partial charge in [0.15, 0.2) is 0 Å². The Hall–Kier alpha value is -3.27. The summed E-state index contributed by atoms with van der Waals surface area (Å²) < 4.78 is 11.4. The summed E-state index contributed by atoms with van der Waals surface area (Å²) in [4.78, 5) is 32.8. The van der Waals surface area contributed by atoms with E-state index in [1.165, 1.54) is 32.7 Å². The van der Waals surface area contributed by atoms with Gasteiger partial charge in [0, 0.05) is 6.07 Å². The van der Waals surface area contributed by atoms with Gasteiger partial charge in [0.05, 0.1) is 30.6 Å². The fourth-order valence-corrected chi connectivity index (χ4v) is 2.57. The third kappa shape index (κ3) is 3.14. The summed E-state index contributed by atoms with van der Waals surface area (Å²) >= 11 is 6.08. The molecule has 0 saturated heterocycles. The highest BCUT2D eigenvalue weighted by Crippen LogP contribution is 2.35. The van der Waals surface area contributed by atoms with Crippen molar-refractivity contribution < 1.29 is 14.3 Å². The quantitative estimate of drug-likeness (QED) is 0.638. The van der Waals surface area contributed by atoms with E-state index in [1.807, 2.05) is 0 Å². The van der Waals surface area contributed by atoms with Crippen molar-refractivity contribution in [2.75, 3.05) is 24.9 Å². The van der Waals surface area contributed by atoms with Gasteiger partial charge in [-0.25, -0.2) is 14.8 Å². The Morgan fingerprint density at radius 2 is 1.96 bits per heavy atom. The van der Waals surface area contributed by atoms with Crippen LogP contribution in [0.1, 0.15) is 5.69 Å². The molecule has 0 spiro atoms. The summed E-state index contributed by atoms with van der Waals surface area (Å²) in [7, 11) is 2.91. The lowest BCUT2D eigenvalue weighted by atomic mass is 10.2. The second kappa shape index (κ2) is 6.92. The van der Waals surface area contributed by atoms with E-state index in [9.17, 15) is 9.59 Å². The van der Waals surface area contributed by atoms with Crippen LogP contribution in [0.3, 0.4) is 0 Å². The molecule has 136 valence electrons. The zero-order valence-corrected chi connectivity index (χ0v) is 14.8. The number of hydrogen-bond donors (Lipinski definition) is 3. The van der Waals surface area contributed by atoms with Crippen molar-refractivity contribution in [1.82, 2.24) is 19.6 Å². The van der Waals surface area contributed by atoms with Gasteiger partial charge in [0.2, 0.25) is 0 Å². The number of carbonyl (C=O) groups is 1. The van der Waals surface area contributed by atoms with E-state index in [4.69, 9.17) is 21.1 Å². The first kappa shape index (κ1) is 17.5. The fraction of sp³-hybridized carbons (Fsp3) is 0.200. The molecule has 0 aliphatic heterocycles. The second-order valence-electron chi connectivity index (χ2n) is 5.17. The Kier molecular flexibility index (Phi) is 4.67. The van der Waals surface area contributed by atoms with Crippen LogP contribution in [0.15, 0.2) is 23.3 Å². The third-order valence-corrected chi connectivity index (χ3v) is 3.87. The van der Waals surface area contributed by atoms with Crippen LogP contribution in [-0.4, -0.2) is 39.8 Å². The van der Waals surface area contributed by atoms with Crippen LogP contribution in [0.5, 0.6) is 11.5 Å². The lowest BCUT2D eigenvalue weighted by molar-refractivity contribution is 0.262. The number of fused-ring (bicyclic) bond motifs is 1. The maximum absolute atomic E-state index is 12.4. The third-order valence-electron chi connectivity index (χ3n) is 3.57. The van der Waals surface area contributed by atoms with Crippen molar-refractivity contribution in [1.29, 1.82) is 0 Å². The van der Waals surface area contributed by atoms with Gasteiger partial charge >= 0.3 is 6.03 Å². The molecule has 2 amide bonds. The number of hydrogen-bond acceptors (Lipinski definition) is 6. The number of nitrogens with zero attached hydrogens (tertiary/aromatic N) is 3. The molecule has 0 atom stereocenters. The van der Waals surface area contributed by atoms with Gasteiger partial charge in [-0.05, 0) is 13.0 Å². The van der Waals surface area contributed by atoms with Crippen LogP contribution in [0, 0.1) is 6.92 Å². The number of amides is 2. The molecule has 3 rings (SSSR count). The largest absolute Gasteiger partial charge is 0.495 e. The smallest absolute Gasteiger partial charge is 0.323 e. The predicted octanol–water partition coefficient (Wildman–Crippen LogP) is 2.04. The molecule has 26 heavy (non-hydrogen) atoms. The van der Waals surface area contributed by atoms with Gasteiger partial charge in [0.25, 0.3) is 11.3 Å². The Morgan fingerprint density at radius 1 is 1.23 bits per heavy atom. The molecule has 0 unspecified atom stereocenters. The van der Waals surface area contributed by atoms with E-state index in [2.05, 4.69) is 25.7 Å². The maximum Gasteiger partial charge on any atom is 0.323 e. The van der Waals surface area contributed by atoms with Gasteiger partial charge in [-0.15, -0.1) is 0 Å². The molecule has 0 saturated carbocycles. The molecule has 1 aromatic carbocycles. The summed E-state index contributed by atoms with van der Waals surface area (Å²) in [5, 5.41) is 7.98. The minimum absolute atomic E-state index is 0.0165. The normalized spacial score (nSPS) is 10.6. The number of anilines is 2. The zero-order chi connectivity index (χ0) is 18.8. The van der Waals surface area contributed by atoms with E-state index in [0.29, 0.717) is 27.9 Å². The van der Waals surface area contributed by atoms with E-state index < -0.39 is 11.6 Å². The number of halogens is 1. The molecule has 0 radical (unpaired) electrons. The minimum atomic E-state index is -0.661. The van der Waals surface area contributed by atoms with E-state index in [1.54, 1.807) is 6.92 Å². The number of rotatable bonds is 4. The van der Waals surface area contributed by atoms with Crippen LogP contribution >= 0.6 is 11.6 Å². The number of benzene rings is 1. The number of urea groups is 1. The standard InChI is InChI=1S/C15H15ClN6O4/c1-7-12(13(23)22-14(19-7)17-6-18-22)21-15(24)20-9-4-8(16)10(25-2)5-11(9)26-3/h4-6H,1-3H3,(H,17,18,19)(H2,20,21,24). The zero-order valence-electron chi connectivity index (χ0n) is 14.1. The van der Waals surface area contributed by atoms with E-state index in [0.717, 1.165) is 4.52 Å². The Balaban J connectivity index is 1.88. The summed E-state index contributed by atoms with van der Waals surface area (Å²) in [6, 6.07) is 2.36. The van der Waals surface area contributed by atoms with E-state index in [-0.39, 0.29) is 11.5 Å². The van der Waals surface area contributed by atoms with Gasteiger partial charge in [0.1, 0.15) is 23.5 Å². The molecule has 2 heterocycles. The molecule has 0 fully saturated rings. The highest BCUT2D eigenvalue weighted by Gasteiger charge is 2.16. The average molecular weight is 379 g/mol. The van der Waals surface area contributed by atoms with Crippen molar-refractivity contribution in [3.8, 4) is 11.5 Å². The molecule has 2 aromatic heterocycles. The van der Waals surface area contributed by atoms with E-state index >= 15 is 0 Å². The molecule has 0 aliphatic carbocycles. The first-order valence-corrected chi connectivity index (χ1v) is 7.74. The number of ether oxygens (including phenoxy) is 2. The van der Waals surface area contributed by atoms with Crippen LogP contribution in [0.25, 0.3) is 5.78 Å². The monoisotopic (exact) mass is 378 g/mol. The molecular formula is C15H15ClN6O4. The molecule has 0 bridgehead atoms. The molecule has 10 nitrogen and oxygen atoms in total. The van der Waals surface area contributed by atoms with Crippen molar-refractivity contribution in [2.24, 2.45) is 0 Å². The molecule has 3 aromatic rings. The number of aromatic amines is 1. The second-order valence-corrected chi connectivity index (χ2v) is 5.57. The van der Waals surface area contributed by atoms with Crippen molar-refractivity contribution in [3.05, 3.63) is 39.5 Å². The number of H-pyrrole nitrogens is 1. The molecule has 0 aliphatic rings. The molecule has 11 heteroatoms. The van der Waals surface area contributed by atoms with Gasteiger partial charge in [-0.1, -0.05) is 11.6 Å². The van der Waals surface area contributed by atoms with Crippen LogP contribution in [0.2, 0.25) is 5.02 Å². The summed E-state index contributed by atoms with van der Waals surface area (Å²) in [5.74, 6) is 0.955. The first-order chi connectivity index (χ1) is 12.4. The van der Waals surface area contributed by atoms with Crippen LogP contribution < -0.4 is 25.7 Å². The number of aryl methyl sites for hydroxylation is 1. The SMILES string of the molecule is COc1cc(OC)c(NC(=O)Nc2c(C)nc3nc[nH]n3c2=O)cc1Cl. The summed E-state index contributed by atoms with van der Waals surface area (Å²) in [6.07, 6.45) is 1.33. The predicted molar refractivity (Wildman–Crippen MR) is 95.5 cm³/mol. The number of carbonyl (C=O) groups excluding carboxylic acids is 1. The van der Waals surface area contributed by atoms with Crippen molar-refractivity contribution in [3.63, 3.8) is 0 Å². The molecule has 3 N–H and O–H groups in total. The maximum atomic E-state index is 12.4. The Labute approximate surface area is 152 Å². The number of nitrogens with one attached hydrogen (secondary N) is 3. The number of methoxy groups -OCH3 is 2. The highest BCUT2D eigenvalue weighted by molar-refractivity contribution is 6.32. The minimum Gasteiger partial charge on any atom is -0.495 e.